The number of hydrogen-bond acceptors (Lipinski definition) is 3. The van der Waals surface area contributed by atoms with Crippen LogP contribution in [0.15, 0.2) is 35.4 Å². The molecule has 1 atom stereocenters. The molecule has 1 aliphatic rings. The third-order valence-corrected chi connectivity index (χ3v) is 5.13. The lowest BCUT2D eigenvalue weighted by Crippen LogP contribution is -2.23. The predicted molar refractivity (Wildman–Crippen MR) is 95.5 cm³/mol. The van der Waals surface area contributed by atoms with E-state index in [1.54, 1.807) is 6.07 Å². The Kier molecular flexibility index (Phi) is 4.04. The molecule has 0 radical (unpaired) electrons. The second kappa shape index (κ2) is 6.23. The maximum atomic E-state index is 13.2. The number of fused-ring (bicyclic) bond motifs is 2. The summed E-state index contributed by atoms with van der Waals surface area (Å²) in [5, 5.41) is 0.818. The molecule has 0 bridgehead atoms. The van der Waals surface area contributed by atoms with Crippen LogP contribution in [0.25, 0.3) is 11.0 Å². The summed E-state index contributed by atoms with van der Waals surface area (Å²) in [4.78, 5) is 21.8. The van der Waals surface area contributed by atoms with Crippen molar-refractivity contribution in [2.24, 2.45) is 5.92 Å². The van der Waals surface area contributed by atoms with Gasteiger partial charge in [0.25, 0.3) is 5.56 Å². The molecule has 1 aliphatic carbocycles. The van der Waals surface area contributed by atoms with E-state index in [9.17, 15) is 9.18 Å². The lowest BCUT2D eigenvalue weighted by atomic mass is 9.87. The average molecular weight is 358 g/mol. The van der Waals surface area contributed by atoms with Gasteiger partial charge in [-0.2, -0.15) is 0 Å². The first-order valence-electron chi connectivity index (χ1n) is 8.33. The van der Waals surface area contributed by atoms with Crippen molar-refractivity contribution in [3.05, 3.63) is 68.6 Å². The molecule has 1 unspecified atom stereocenters. The molecule has 0 N–H and O–H groups in total. The van der Waals surface area contributed by atoms with Crippen molar-refractivity contribution in [3.8, 4) is 0 Å². The third kappa shape index (κ3) is 3.04. The summed E-state index contributed by atoms with van der Waals surface area (Å²) in [5.41, 5.74) is 3.20. The topological polar surface area (TPSA) is 47.8 Å². The molecule has 0 fully saturated rings. The number of benzene rings is 1. The molecule has 3 aromatic rings. The van der Waals surface area contributed by atoms with Gasteiger partial charge in [-0.25, -0.2) is 14.4 Å². The highest BCUT2D eigenvalue weighted by molar-refractivity contribution is 6.31. The van der Waals surface area contributed by atoms with E-state index in [2.05, 4.69) is 16.9 Å². The first kappa shape index (κ1) is 16.2. The zero-order valence-electron chi connectivity index (χ0n) is 13.8. The second-order valence-corrected chi connectivity index (χ2v) is 7.13. The van der Waals surface area contributed by atoms with Crippen molar-refractivity contribution < 1.29 is 4.39 Å². The Morgan fingerprint density at radius 1 is 1.36 bits per heavy atom. The van der Waals surface area contributed by atoms with Crippen LogP contribution in [0.1, 0.15) is 30.2 Å². The molecule has 0 saturated carbocycles. The quantitative estimate of drug-likeness (QED) is 0.701. The maximum Gasteiger partial charge on any atom is 0.263 e. The van der Waals surface area contributed by atoms with Gasteiger partial charge in [-0.15, -0.1) is 0 Å². The highest BCUT2D eigenvalue weighted by Gasteiger charge is 2.19. The monoisotopic (exact) mass is 357 g/mol. The van der Waals surface area contributed by atoms with E-state index in [0.717, 1.165) is 30.5 Å². The predicted octanol–water partition coefficient (Wildman–Crippen LogP) is 3.76. The third-order valence-electron chi connectivity index (χ3n) is 4.78. The number of rotatable bonds is 2. The molecule has 6 heteroatoms. The van der Waals surface area contributed by atoms with E-state index in [-0.39, 0.29) is 12.1 Å². The van der Waals surface area contributed by atoms with Crippen LogP contribution in [0, 0.1) is 11.7 Å². The van der Waals surface area contributed by atoms with Crippen LogP contribution in [0.5, 0.6) is 0 Å². The summed E-state index contributed by atoms with van der Waals surface area (Å²) < 4.78 is 14.7. The van der Waals surface area contributed by atoms with Crippen molar-refractivity contribution in [3.63, 3.8) is 0 Å². The molecule has 0 spiro atoms. The van der Waals surface area contributed by atoms with E-state index in [4.69, 9.17) is 11.6 Å². The summed E-state index contributed by atoms with van der Waals surface area (Å²) in [6, 6.07) is 6.10. The fraction of sp³-hybridized carbons (Fsp3) is 0.316. The molecule has 128 valence electrons. The van der Waals surface area contributed by atoms with Gasteiger partial charge in [0.05, 0.1) is 11.9 Å². The number of aromatic nitrogens is 3. The zero-order chi connectivity index (χ0) is 17.6. The van der Waals surface area contributed by atoms with Crippen molar-refractivity contribution in [2.75, 3.05) is 0 Å². The first-order chi connectivity index (χ1) is 12.0. The molecule has 1 aromatic carbocycles. The van der Waals surface area contributed by atoms with Crippen molar-refractivity contribution in [1.29, 1.82) is 0 Å². The van der Waals surface area contributed by atoms with Gasteiger partial charge in [-0.1, -0.05) is 24.6 Å². The fourth-order valence-corrected chi connectivity index (χ4v) is 3.60. The number of aryl methyl sites for hydroxylation is 1. The van der Waals surface area contributed by atoms with E-state index >= 15 is 0 Å². The molecular formula is C19H17ClFN3O. The molecule has 0 saturated heterocycles. The molecule has 0 amide bonds. The molecule has 2 aromatic heterocycles. The number of hydrogen-bond donors (Lipinski definition) is 0. The highest BCUT2D eigenvalue weighted by atomic mass is 35.5. The van der Waals surface area contributed by atoms with Crippen molar-refractivity contribution >= 4 is 22.6 Å². The van der Waals surface area contributed by atoms with E-state index < -0.39 is 5.82 Å². The van der Waals surface area contributed by atoms with Crippen LogP contribution >= 0.6 is 11.6 Å². The minimum Gasteiger partial charge on any atom is -0.294 e. The SMILES string of the molecule is CC1CCc2nc3ncn(Cc4ccc(F)cc4Cl)c(=O)c3cc2C1. The second-order valence-electron chi connectivity index (χ2n) is 6.73. The Bertz CT molecular complexity index is 1030. The Hall–Kier alpha value is -2.27. The van der Waals surface area contributed by atoms with E-state index in [1.807, 2.05) is 6.07 Å². The normalized spacial score (nSPS) is 16.8. The average Bonchev–Trinajstić information content (AvgIpc) is 2.58. The van der Waals surface area contributed by atoms with Gasteiger partial charge in [0.15, 0.2) is 5.65 Å². The zero-order valence-corrected chi connectivity index (χ0v) is 14.6. The maximum absolute atomic E-state index is 13.2. The van der Waals surface area contributed by atoms with Gasteiger partial charge in [0, 0.05) is 10.7 Å². The van der Waals surface area contributed by atoms with Gasteiger partial charge in [0.1, 0.15) is 12.1 Å². The standard InChI is InChI=1S/C19H17ClFN3O/c1-11-2-5-17-13(6-11)7-15-18(23-17)22-10-24(19(15)25)9-12-3-4-14(21)8-16(12)20/h3-4,7-8,10-11H,2,5-6,9H2,1H3. The molecule has 4 nitrogen and oxygen atoms in total. The summed E-state index contributed by atoms with van der Waals surface area (Å²) in [6.07, 6.45) is 4.47. The van der Waals surface area contributed by atoms with Crippen LogP contribution in [-0.2, 0) is 19.4 Å². The summed E-state index contributed by atoms with van der Waals surface area (Å²) in [5.74, 6) is 0.200. The van der Waals surface area contributed by atoms with Gasteiger partial charge in [0.2, 0.25) is 0 Å². The Morgan fingerprint density at radius 2 is 2.20 bits per heavy atom. The van der Waals surface area contributed by atoms with Gasteiger partial charge in [-0.3, -0.25) is 9.36 Å². The Morgan fingerprint density at radius 3 is 3.00 bits per heavy atom. The van der Waals surface area contributed by atoms with E-state index in [1.165, 1.54) is 23.0 Å². The molecule has 2 heterocycles. The molecule has 4 rings (SSSR count). The van der Waals surface area contributed by atoms with Crippen LogP contribution in [0.2, 0.25) is 5.02 Å². The lowest BCUT2D eigenvalue weighted by Gasteiger charge is -2.20. The highest BCUT2D eigenvalue weighted by Crippen LogP contribution is 2.25. The molecular weight excluding hydrogens is 341 g/mol. The smallest absolute Gasteiger partial charge is 0.263 e. The number of pyridine rings is 1. The Balaban J connectivity index is 1.78. The van der Waals surface area contributed by atoms with Crippen LogP contribution in [0.4, 0.5) is 4.39 Å². The molecule has 0 aliphatic heterocycles. The molecule has 25 heavy (non-hydrogen) atoms. The van der Waals surface area contributed by atoms with Gasteiger partial charge < -0.3 is 0 Å². The van der Waals surface area contributed by atoms with Crippen LogP contribution in [0.3, 0.4) is 0 Å². The lowest BCUT2D eigenvalue weighted by molar-refractivity contribution is 0.495. The summed E-state index contributed by atoms with van der Waals surface area (Å²) in [7, 11) is 0. The minimum atomic E-state index is -0.400. The van der Waals surface area contributed by atoms with Gasteiger partial charge in [-0.05, 0) is 54.5 Å². The fourth-order valence-electron chi connectivity index (χ4n) is 3.37. The minimum absolute atomic E-state index is 0.154. The number of halogens is 2. The summed E-state index contributed by atoms with van der Waals surface area (Å²) in [6.45, 7) is 2.46. The van der Waals surface area contributed by atoms with Crippen molar-refractivity contribution in [1.82, 2.24) is 14.5 Å². The van der Waals surface area contributed by atoms with E-state index in [0.29, 0.717) is 27.5 Å². The Labute approximate surface area is 149 Å². The summed E-state index contributed by atoms with van der Waals surface area (Å²) >= 11 is 6.07. The van der Waals surface area contributed by atoms with Gasteiger partial charge >= 0.3 is 0 Å². The first-order valence-corrected chi connectivity index (χ1v) is 8.71. The van der Waals surface area contributed by atoms with Crippen LogP contribution in [-0.4, -0.2) is 14.5 Å². The van der Waals surface area contributed by atoms with Crippen molar-refractivity contribution in [2.45, 2.75) is 32.7 Å². The van der Waals surface area contributed by atoms with Crippen LogP contribution < -0.4 is 5.56 Å². The largest absolute Gasteiger partial charge is 0.294 e. The number of nitrogens with zero attached hydrogens (tertiary/aromatic N) is 3.